The van der Waals surface area contributed by atoms with Gasteiger partial charge in [0.15, 0.2) is 0 Å². The third-order valence-electron chi connectivity index (χ3n) is 6.68. The van der Waals surface area contributed by atoms with Crippen molar-refractivity contribution in [1.29, 1.82) is 0 Å². The zero-order valence-corrected chi connectivity index (χ0v) is 22.5. The average molecular weight is 505 g/mol. The van der Waals surface area contributed by atoms with Crippen molar-refractivity contribution in [2.45, 2.75) is 84.2 Å². The number of hydrogen-bond acceptors (Lipinski definition) is 1. The van der Waals surface area contributed by atoms with Gasteiger partial charge in [0.05, 0.1) is 19.6 Å². The number of unbranched alkanes of at least 4 members (excludes halogenated alkanes) is 3. The predicted molar refractivity (Wildman–Crippen MR) is 134 cm³/mol. The second-order valence-corrected chi connectivity index (χ2v) is 9.81. The highest BCUT2D eigenvalue weighted by molar-refractivity contribution is 5.32. The molecule has 2 nitrogen and oxygen atoms in total. The van der Waals surface area contributed by atoms with Crippen LogP contribution in [0.15, 0.2) is 60.7 Å². The van der Waals surface area contributed by atoms with Gasteiger partial charge in [-0.15, -0.1) is 0 Å². The van der Waals surface area contributed by atoms with Crippen LogP contribution in [-0.2, 0) is 0 Å². The highest BCUT2D eigenvalue weighted by atomic mass is 79.9. The Morgan fingerprint density at radius 3 is 1.44 bits per heavy atom. The topological polar surface area (TPSA) is 20.2 Å². The Hall–Kier alpha value is -1.16. The molecule has 0 aliphatic rings. The molecule has 0 radical (unpaired) electrons. The lowest BCUT2D eigenvalue weighted by molar-refractivity contribution is -0.934. The first-order valence-corrected chi connectivity index (χ1v) is 12.6. The molecule has 0 spiro atoms. The molecule has 0 aromatic heterocycles. The molecule has 0 aliphatic carbocycles. The Morgan fingerprint density at radius 1 is 0.719 bits per heavy atom. The summed E-state index contributed by atoms with van der Waals surface area (Å²) in [5, 5.41) is 11.8. The standard InChI is InChI=1S/C29H46NO.BrH/c1-5-8-21-30(22-9-6-2,23-10-7-3)25-29(4,31)24-28(26-17-13-11-14-18-26)27-19-15-12-16-20-27;/h11-20,28,31H,5-10,21-25H2,1-4H3;1H/q+1;/p-1. The molecule has 1 N–H and O–H groups in total. The minimum absolute atomic E-state index is 0. The summed E-state index contributed by atoms with van der Waals surface area (Å²) in [7, 11) is 0. The maximum Gasteiger partial charge on any atom is 0.111 e. The molecule has 32 heavy (non-hydrogen) atoms. The van der Waals surface area contributed by atoms with Crippen LogP contribution in [-0.4, -0.2) is 41.4 Å². The van der Waals surface area contributed by atoms with Gasteiger partial charge >= 0.3 is 0 Å². The molecule has 2 aromatic rings. The van der Waals surface area contributed by atoms with Gasteiger partial charge in [0.25, 0.3) is 0 Å². The maximum atomic E-state index is 11.8. The molecule has 0 aliphatic heterocycles. The van der Waals surface area contributed by atoms with Crippen LogP contribution in [0.2, 0.25) is 0 Å². The number of quaternary nitrogens is 1. The first-order chi connectivity index (χ1) is 15.0. The van der Waals surface area contributed by atoms with Crippen LogP contribution >= 0.6 is 0 Å². The number of benzene rings is 2. The van der Waals surface area contributed by atoms with Gasteiger partial charge in [-0.1, -0.05) is 101 Å². The monoisotopic (exact) mass is 503 g/mol. The van der Waals surface area contributed by atoms with Crippen molar-refractivity contribution in [3.63, 3.8) is 0 Å². The van der Waals surface area contributed by atoms with Crippen molar-refractivity contribution in [2.24, 2.45) is 0 Å². The molecule has 0 fully saturated rings. The second-order valence-electron chi connectivity index (χ2n) is 9.81. The van der Waals surface area contributed by atoms with Crippen LogP contribution in [0.25, 0.3) is 0 Å². The van der Waals surface area contributed by atoms with Gasteiger partial charge in [-0.2, -0.15) is 0 Å². The van der Waals surface area contributed by atoms with Gasteiger partial charge < -0.3 is 26.6 Å². The molecule has 1 atom stereocenters. The molecular weight excluding hydrogens is 458 g/mol. The quantitative estimate of drug-likeness (QED) is 0.361. The van der Waals surface area contributed by atoms with Crippen molar-refractivity contribution >= 4 is 0 Å². The molecule has 0 bridgehead atoms. The van der Waals surface area contributed by atoms with E-state index in [1.54, 1.807) is 0 Å². The fourth-order valence-electron chi connectivity index (χ4n) is 5.08. The molecule has 3 heteroatoms. The summed E-state index contributed by atoms with van der Waals surface area (Å²) in [6, 6.07) is 21.4. The molecule has 0 saturated carbocycles. The van der Waals surface area contributed by atoms with Crippen LogP contribution in [0.3, 0.4) is 0 Å². The van der Waals surface area contributed by atoms with E-state index in [4.69, 9.17) is 0 Å². The van der Waals surface area contributed by atoms with E-state index in [9.17, 15) is 5.11 Å². The largest absolute Gasteiger partial charge is 1.00 e. The number of aliphatic hydroxyl groups is 1. The number of nitrogens with zero attached hydrogens (tertiary/aromatic N) is 1. The highest BCUT2D eigenvalue weighted by Crippen LogP contribution is 2.34. The van der Waals surface area contributed by atoms with E-state index in [0.717, 1.165) is 17.4 Å². The minimum Gasteiger partial charge on any atom is -1.00 e. The molecular formula is C29H46BrNO. The van der Waals surface area contributed by atoms with E-state index >= 15 is 0 Å². The average Bonchev–Trinajstić information content (AvgIpc) is 2.79. The summed E-state index contributed by atoms with van der Waals surface area (Å²) < 4.78 is 1.07. The van der Waals surface area contributed by atoms with E-state index in [0.29, 0.717) is 0 Å². The van der Waals surface area contributed by atoms with Gasteiger partial charge in [0.2, 0.25) is 0 Å². The molecule has 2 rings (SSSR count). The van der Waals surface area contributed by atoms with Crippen LogP contribution in [0.5, 0.6) is 0 Å². The van der Waals surface area contributed by atoms with E-state index < -0.39 is 5.60 Å². The fraction of sp³-hybridized carbons (Fsp3) is 0.586. The minimum atomic E-state index is -0.717. The first kappa shape index (κ1) is 28.9. The molecule has 180 valence electrons. The van der Waals surface area contributed by atoms with Crippen LogP contribution in [0.1, 0.15) is 89.7 Å². The van der Waals surface area contributed by atoms with Gasteiger partial charge in [0, 0.05) is 5.92 Å². The summed E-state index contributed by atoms with van der Waals surface area (Å²) in [6.45, 7) is 13.4. The van der Waals surface area contributed by atoms with Crippen LogP contribution in [0, 0.1) is 0 Å². The molecule has 0 saturated heterocycles. The Bertz CT molecular complexity index is 655. The zero-order chi connectivity index (χ0) is 22.6. The van der Waals surface area contributed by atoms with Crippen LogP contribution < -0.4 is 17.0 Å². The van der Waals surface area contributed by atoms with Crippen molar-refractivity contribution in [3.05, 3.63) is 71.8 Å². The first-order valence-electron chi connectivity index (χ1n) is 12.6. The van der Waals surface area contributed by atoms with E-state index in [2.05, 4.69) is 88.4 Å². The number of hydrogen-bond donors (Lipinski definition) is 1. The summed E-state index contributed by atoms with van der Waals surface area (Å²) in [6.07, 6.45) is 8.13. The Balaban J connectivity index is 0.00000512. The number of rotatable bonds is 15. The highest BCUT2D eigenvalue weighted by Gasteiger charge is 2.38. The van der Waals surface area contributed by atoms with Gasteiger partial charge in [-0.25, -0.2) is 0 Å². The summed E-state index contributed by atoms with van der Waals surface area (Å²) >= 11 is 0. The van der Waals surface area contributed by atoms with E-state index in [1.165, 1.54) is 69.3 Å². The normalized spacial score (nSPS) is 13.6. The van der Waals surface area contributed by atoms with E-state index in [1.807, 2.05) is 0 Å². The lowest BCUT2D eigenvalue weighted by Gasteiger charge is -2.44. The van der Waals surface area contributed by atoms with Crippen LogP contribution in [0.4, 0.5) is 0 Å². The number of halogens is 1. The van der Waals surface area contributed by atoms with Crippen molar-refractivity contribution in [1.82, 2.24) is 0 Å². The second kappa shape index (κ2) is 14.9. The molecule has 0 amide bonds. The smallest absolute Gasteiger partial charge is 0.111 e. The molecule has 2 aromatic carbocycles. The predicted octanol–water partition coefficient (Wildman–Crippen LogP) is 4.18. The third-order valence-corrected chi connectivity index (χ3v) is 6.68. The SMILES string of the molecule is CCCC[N+](CCCC)(CCCC)CC(C)(O)CC(c1ccccc1)c1ccccc1.[Br-]. The lowest BCUT2D eigenvalue weighted by atomic mass is 9.81. The van der Waals surface area contributed by atoms with Crippen molar-refractivity contribution in [3.8, 4) is 0 Å². The third kappa shape index (κ3) is 9.37. The lowest BCUT2D eigenvalue weighted by Crippen LogP contribution is -3.00. The van der Waals surface area contributed by atoms with Gasteiger partial charge in [0.1, 0.15) is 12.1 Å². The van der Waals surface area contributed by atoms with Gasteiger partial charge in [-0.05, 0) is 43.7 Å². The molecule has 1 unspecified atom stereocenters. The Labute approximate surface area is 208 Å². The molecule has 0 heterocycles. The van der Waals surface area contributed by atoms with Crippen molar-refractivity contribution in [2.75, 3.05) is 26.2 Å². The Kier molecular flexibility index (Phi) is 13.4. The van der Waals surface area contributed by atoms with Gasteiger partial charge in [-0.3, -0.25) is 0 Å². The summed E-state index contributed by atoms with van der Waals surface area (Å²) in [5.74, 6) is 0.211. The fourth-order valence-corrected chi connectivity index (χ4v) is 5.08. The maximum absolute atomic E-state index is 11.8. The summed E-state index contributed by atoms with van der Waals surface area (Å²) in [4.78, 5) is 0. The summed E-state index contributed by atoms with van der Waals surface area (Å²) in [5.41, 5.74) is 1.87. The zero-order valence-electron chi connectivity index (χ0n) is 20.9. The van der Waals surface area contributed by atoms with E-state index in [-0.39, 0.29) is 22.9 Å². The Morgan fingerprint density at radius 2 is 1.09 bits per heavy atom. The van der Waals surface area contributed by atoms with Crippen molar-refractivity contribution < 1.29 is 26.6 Å².